The van der Waals surface area contributed by atoms with Crippen LogP contribution in [0.5, 0.6) is 0 Å². The second-order valence-electron chi connectivity index (χ2n) is 5.71. The van der Waals surface area contributed by atoms with Gasteiger partial charge in [0.1, 0.15) is 5.82 Å². The number of carbonyl (C=O) groups is 1. The largest absolute Gasteiger partial charge is 0.370 e. The molecule has 2 N–H and O–H groups in total. The zero-order chi connectivity index (χ0) is 15.8. The number of anilines is 1. The van der Waals surface area contributed by atoms with Crippen LogP contribution in [0, 0.1) is 5.92 Å². The maximum atomic E-state index is 12.1. The molecule has 0 saturated carbocycles. The van der Waals surface area contributed by atoms with Crippen LogP contribution in [0.25, 0.3) is 0 Å². The van der Waals surface area contributed by atoms with Crippen LogP contribution in [0.15, 0.2) is 48.7 Å². The van der Waals surface area contributed by atoms with E-state index in [0.29, 0.717) is 18.0 Å². The summed E-state index contributed by atoms with van der Waals surface area (Å²) in [5, 5.41) is 6.15. The lowest BCUT2D eigenvalue weighted by Crippen LogP contribution is -2.22. The highest BCUT2D eigenvalue weighted by molar-refractivity contribution is 5.93. The average molecular weight is 297 g/mol. The van der Waals surface area contributed by atoms with Gasteiger partial charge in [-0.3, -0.25) is 4.79 Å². The van der Waals surface area contributed by atoms with Crippen molar-refractivity contribution < 1.29 is 4.79 Å². The molecule has 0 aliphatic carbocycles. The molecule has 0 saturated heterocycles. The van der Waals surface area contributed by atoms with Crippen molar-refractivity contribution in [1.29, 1.82) is 0 Å². The molecule has 0 fully saturated rings. The van der Waals surface area contributed by atoms with Gasteiger partial charge in [0.2, 0.25) is 0 Å². The molecule has 0 spiro atoms. The fourth-order valence-corrected chi connectivity index (χ4v) is 2.00. The van der Waals surface area contributed by atoms with Gasteiger partial charge >= 0.3 is 0 Å². The molecule has 4 nitrogen and oxygen atoms in total. The molecule has 1 heterocycles. The van der Waals surface area contributed by atoms with E-state index in [2.05, 4.69) is 29.5 Å². The summed E-state index contributed by atoms with van der Waals surface area (Å²) in [6.45, 7) is 5.79. The Morgan fingerprint density at radius 1 is 1.14 bits per heavy atom. The Bertz CT molecular complexity index is 579. The standard InChI is InChI=1S/C18H23N3O/c1-14(2)10-11-19-17-9-8-16(13-20-17)18(22)21-12-15-6-4-3-5-7-15/h3-9,13-14H,10-12H2,1-2H3,(H,19,20)(H,21,22). The molecule has 0 atom stereocenters. The summed E-state index contributed by atoms with van der Waals surface area (Å²) >= 11 is 0. The van der Waals surface area contributed by atoms with E-state index in [0.717, 1.165) is 24.3 Å². The predicted molar refractivity (Wildman–Crippen MR) is 89.8 cm³/mol. The van der Waals surface area contributed by atoms with Gasteiger partial charge in [0, 0.05) is 19.3 Å². The first kappa shape index (κ1) is 16.0. The zero-order valence-electron chi connectivity index (χ0n) is 13.2. The van der Waals surface area contributed by atoms with Crippen LogP contribution in [0.4, 0.5) is 5.82 Å². The zero-order valence-corrected chi connectivity index (χ0v) is 13.2. The van der Waals surface area contributed by atoms with Gasteiger partial charge < -0.3 is 10.6 Å². The van der Waals surface area contributed by atoms with Crippen LogP contribution >= 0.6 is 0 Å². The van der Waals surface area contributed by atoms with Gasteiger partial charge in [0.15, 0.2) is 0 Å². The molecule has 116 valence electrons. The van der Waals surface area contributed by atoms with Crippen molar-refractivity contribution in [2.75, 3.05) is 11.9 Å². The highest BCUT2D eigenvalue weighted by Crippen LogP contribution is 2.07. The van der Waals surface area contributed by atoms with Crippen molar-refractivity contribution in [2.45, 2.75) is 26.8 Å². The SMILES string of the molecule is CC(C)CCNc1ccc(C(=O)NCc2ccccc2)cn1. The molecule has 2 aromatic rings. The number of amides is 1. The Labute approximate surface area is 132 Å². The highest BCUT2D eigenvalue weighted by atomic mass is 16.1. The molecular weight excluding hydrogens is 274 g/mol. The van der Waals surface area contributed by atoms with Crippen LogP contribution in [0.2, 0.25) is 0 Å². The number of aromatic nitrogens is 1. The van der Waals surface area contributed by atoms with Gasteiger partial charge in [-0.25, -0.2) is 4.98 Å². The molecule has 0 aliphatic heterocycles. The Morgan fingerprint density at radius 2 is 1.91 bits per heavy atom. The van der Waals surface area contributed by atoms with Crippen molar-refractivity contribution in [3.63, 3.8) is 0 Å². The van der Waals surface area contributed by atoms with Crippen molar-refractivity contribution in [1.82, 2.24) is 10.3 Å². The van der Waals surface area contributed by atoms with Crippen LogP contribution in [0.1, 0.15) is 36.2 Å². The number of pyridine rings is 1. The van der Waals surface area contributed by atoms with Crippen LogP contribution in [-0.4, -0.2) is 17.4 Å². The summed E-state index contributed by atoms with van der Waals surface area (Å²) < 4.78 is 0. The van der Waals surface area contributed by atoms with Crippen LogP contribution in [-0.2, 0) is 6.54 Å². The number of rotatable bonds is 7. The van der Waals surface area contributed by atoms with E-state index in [1.807, 2.05) is 36.4 Å². The monoisotopic (exact) mass is 297 g/mol. The lowest BCUT2D eigenvalue weighted by atomic mass is 10.1. The molecule has 4 heteroatoms. The van der Waals surface area contributed by atoms with Crippen LogP contribution < -0.4 is 10.6 Å². The van der Waals surface area contributed by atoms with E-state index in [4.69, 9.17) is 0 Å². The average Bonchev–Trinajstić information content (AvgIpc) is 2.54. The normalized spacial score (nSPS) is 10.5. The molecular formula is C18H23N3O. The third kappa shape index (κ3) is 5.20. The first-order valence-corrected chi connectivity index (χ1v) is 7.67. The van der Waals surface area contributed by atoms with E-state index in [-0.39, 0.29) is 5.91 Å². The fraction of sp³-hybridized carbons (Fsp3) is 0.333. The highest BCUT2D eigenvalue weighted by Gasteiger charge is 2.06. The lowest BCUT2D eigenvalue weighted by Gasteiger charge is -2.08. The summed E-state index contributed by atoms with van der Waals surface area (Å²) in [7, 11) is 0. The Morgan fingerprint density at radius 3 is 2.55 bits per heavy atom. The van der Waals surface area contributed by atoms with E-state index in [1.165, 1.54) is 0 Å². The quantitative estimate of drug-likeness (QED) is 0.823. The summed E-state index contributed by atoms with van der Waals surface area (Å²) in [6, 6.07) is 13.5. The molecule has 1 aromatic carbocycles. The summed E-state index contributed by atoms with van der Waals surface area (Å²) in [6.07, 6.45) is 2.71. The summed E-state index contributed by atoms with van der Waals surface area (Å²) in [5.41, 5.74) is 1.65. The molecule has 2 rings (SSSR count). The van der Waals surface area contributed by atoms with Gasteiger partial charge in [-0.15, -0.1) is 0 Å². The van der Waals surface area contributed by atoms with Gasteiger partial charge in [0.25, 0.3) is 5.91 Å². The number of benzene rings is 1. The van der Waals surface area contributed by atoms with Gasteiger partial charge in [-0.2, -0.15) is 0 Å². The Kier molecular flexibility index (Phi) is 5.95. The number of carbonyl (C=O) groups excluding carboxylic acids is 1. The van der Waals surface area contributed by atoms with E-state index < -0.39 is 0 Å². The summed E-state index contributed by atoms with van der Waals surface area (Å²) in [4.78, 5) is 16.3. The third-order valence-corrected chi connectivity index (χ3v) is 3.35. The van der Waals surface area contributed by atoms with E-state index in [1.54, 1.807) is 12.3 Å². The number of hydrogen-bond donors (Lipinski definition) is 2. The molecule has 22 heavy (non-hydrogen) atoms. The maximum Gasteiger partial charge on any atom is 0.253 e. The van der Waals surface area contributed by atoms with Crippen molar-refractivity contribution >= 4 is 11.7 Å². The first-order valence-electron chi connectivity index (χ1n) is 7.67. The van der Waals surface area contributed by atoms with Crippen molar-refractivity contribution in [2.24, 2.45) is 5.92 Å². The summed E-state index contributed by atoms with van der Waals surface area (Å²) in [5.74, 6) is 1.36. The minimum atomic E-state index is -0.106. The maximum absolute atomic E-state index is 12.1. The van der Waals surface area contributed by atoms with Gasteiger partial charge in [-0.1, -0.05) is 44.2 Å². The molecule has 1 aromatic heterocycles. The number of nitrogens with zero attached hydrogens (tertiary/aromatic N) is 1. The minimum Gasteiger partial charge on any atom is -0.370 e. The van der Waals surface area contributed by atoms with Crippen LogP contribution in [0.3, 0.4) is 0 Å². The minimum absolute atomic E-state index is 0.106. The van der Waals surface area contributed by atoms with Gasteiger partial charge in [0.05, 0.1) is 5.56 Å². The second kappa shape index (κ2) is 8.17. The van der Waals surface area contributed by atoms with E-state index >= 15 is 0 Å². The third-order valence-electron chi connectivity index (χ3n) is 3.35. The smallest absolute Gasteiger partial charge is 0.253 e. The molecule has 1 amide bonds. The lowest BCUT2D eigenvalue weighted by molar-refractivity contribution is 0.0950. The van der Waals surface area contributed by atoms with Crippen molar-refractivity contribution in [3.8, 4) is 0 Å². The topological polar surface area (TPSA) is 54.0 Å². The number of nitrogens with one attached hydrogen (secondary N) is 2. The fourth-order valence-electron chi connectivity index (χ4n) is 2.00. The molecule has 0 bridgehead atoms. The Balaban J connectivity index is 1.83. The van der Waals surface area contributed by atoms with Gasteiger partial charge in [-0.05, 0) is 30.0 Å². The second-order valence-corrected chi connectivity index (χ2v) is 5.71. The Hall–Kier alpha value is -2.36. The number of hydrogen-bond acceptors (Lipinski definition) is 3. The molecule has 0 radical (unpaired) electrons. The first-order chi connectivity index (χ1) is 10.6. The van der Waals surface area contributed by atoms with Crippen molar-refractivity contribution in [3.05, 3.63) is 59.8 Å². The predicted octanol–water partition coefficient (Wildman–Crippen LogP) is 3.47. The molecule has 0 unspecified atom stereocenters. The van der Waals surface area contributed by atoms with E-state index in [9.17, 15) is 4.79 Å². The molecule has 0 aliphatic rings.